The molecular formula is C15H11F2N3O. The van der Waals surface area contributed by atoms with Crippen LogP contribution in [0.25, 0.3) is 10.9 Å². The van der Waals surface area contributed by atoms with Gasteiger partial charge in [0, 0.05) is 16.6 Å². The van der Waals surface area contributed by atoms with Crippen LogP contribution in [0.3, 0.4) is 0 Å². The van der Waals surface area contributed by atoms with Gasteiger partial charge in [0.15, 0.2) is 11.6 Å². The number of hydrogen-bond donors (Lipinski definition) is 3. The fourth-order valence-corrected chi connectivity index (χ4v) is 2.06. The SMILES string of the molecule is Nc1ccc2[nH]c(C(=O)Nc3cccc(F)c3F)cc2c1. The molecule has 0 aliphatic carbocycles. The lowest BCUT2D eigenvalue weighted by atomic mass is 10.2. The average Bonchev–Trinajstić information content (AvgIpc) is 2.87. The number of anilines is 2. The van der Waals surface area contributed by atoms with Crippen LogP contribution in [0, 0.1) is 11.6 Å². The lowest BCUT2D eigenvalue weighted by molar-refractivity contribution is 0.102. The van der Waals surface area contributed by atoms with Crippen molar-refractivity contribution in [2.45, 2.75) is 0 Å². The van der Waals surface area contributed by atoms with Gasteiger partial charge in [0.05, 0.1) is 5.69 Å². The number of aromatic nitrogens is 1. The molecule has 0 saturated carbocycles. The number of nitrogens with two attached hydrogens (primary N) is 1. The summed E-state index contributed by atoms with van der Waals surface area (Å²) < 4.78 is 26.6. The predicted octanol–water partition coefficient (Wildman–Crippen LogP) is 3.28. The number of carbonyl (C=O) groups is 1. The average molecular weight is 287 g/mol. The molecule has 106 valence electrons. The number of fused-ring (bicyclic) bond motifs is 1. The summed E-state index contributed by atoms with van der Waals surface area (Å²) in [6, 6.07) is 10.3. The van der Waals surface area contributed by atoms with Gasteiger partial charge in [-0.05, 0) is 36.4 Å². The summed E-state index contributed by atoms with van der Waals surface area (Å²) in [4.78, 5) is 15.0. The normalized spacial score (nSPS) is 10.8. The minimum absolute atomic E-state index is 0.210. The van der Waals surface area contributed by atoms with E-state index in [1.165, 1.54) is 12.1 Å². The van der Waals surface area contributed by atoms with Gasteiger partial charge in [-0.3, -0.25) is 4.79 Å². The number of H-pyrrole nitrogens is 1. The van der Waals surface area contributed by atoms with Crippen molar-refractivity contribution >= 4 is 28.2 Å². The number of carbonyl (C=O) groups excluding carboxylic acids is 1. The van der Waals surface area contributed by atoms with Crippen molar-refractivity contribution in [3.63, 3.8) is 0 Å². The number of halogens is 2. The van der Waals surface area contributed by atoms with E-state index in [4.69, 9.17) is 5.73 Å². The van der Waals surface area contributed by atoms with Crippen molar-refractivity contribution in [1.29, 1.82) is 0 Å². The maximum Gasteiger partial charge on any atom is 0.272 e. The van der Waals surface area contributed by atoms with Gasteiger partial charge in [-0.1, -0.05) is 6.07 Å². The Hall–Kier alpha value is -2.89. The minimum Gasteiger partial charge on any atom is -0.399 e. The van der Waals surface area contributed by atoms with Crippen molar-refractivity contribution < 1.29 is 13.6 Å². The van der Waals surface area contributed by atoms with Crippen molar-refractivity contribution in [1.82, 2.24) is 4.98 Å². The molecule has 3 aromatic rings. The van der Waals surface area contributed by atoms with Crippen molar-refractivity contribution in [2.75, 3.05) is 11.1 Å². The van der Waals surface area contributed by atoms with Gasteiger partial charge in [0.25, 0.3) is 5.91 Å². The van der Waals surface area contributed by atoms with Crippen molar-refractivity contribution in [2.24, 2.45) is 0 Å². The van der Waals surface area contributed by atoms with Crippen LogP contribution in [0.15, 0.2) is 42.5 Å². The Bertz CT molecular complexity index is 842. The van der Waals surface area contributed by atoms with E-state index < -0.39 is 17.5 Å². The molecule has 4 nitrogen and oxygen atoms in total. The van der Waals surface area contributed by atoms with Gasteiger partial charge in [0.2, 0.25) is 0 Å². The number of benzene rings is 2. The van der Waals surface area contributed by atoms with Gasteiger partial charge in [-0.25, -0.2) is 8.78 Å². The summed E-state index contributed by atoms with van der Waals surface area (Å²) in [7, 11) is 0. The molecule has 2 aromatic carbocycles. The van der Waals surface area contributed by atoms with Gasteiger partial charge >= 0.3 is 0 Å². The molecule has 1 amide bonds. The first-order valence-corrected chi connectivity index (χ1v) is 6.18. The van der Waals surface area contributed by atoms with Crippen LogP contribution in [-0.2, 0) is 0 Å². The zero-order chi connectivity index (χ0) is 15.0. The lowest BCUT2D eigenvalue weighted by Gasteiger charge is -2.05. The molecule has 0 fully saturated rings. The van der Waals surface area contributed by atoms with E-state index in [0.29, 0.717) is 5.69 Å². The maximum atomic E-state index is 13.5. The second kappa shape index (κ2) is 4.90. The quantitative estimate of drug-likeness (QED) is 0.633. The summed E-state index contributed by atoms with van der Waals surface area (Å²) in [5.41, 5.74) is 6.99. The molecule has 6 heteroatoms. The number of aromatic amines is 1. The Kier molecular flexibility index (Phi) is 3.06. The Labute approximate surface area is 118 Å². The molecule has 0 unspecified atom stereocenters. The third-order valence-electron chi connectivity index (χ3n) is 3.09. The standard InChI is InChI=1S/C15H11F2N3O/c16-10-2-1-3-12(14(10)17)20-15(21)13-7-8-6-9(18)4-5-11(8)19-13/h1-7,19H,18H2,(H,20,21). The highest BCUT2D eigenvalue weighted by Crippen LogP contribution is 2.21. The van der Waals surface area contributed by atoms with E-state index >= 15 is 0 Å². The van der Waals surface area contributed by atoms with E-state index in [0.717, 1.165) is 17.0 Å². The summed E-state index contributed by atoms with van der Waals surface area (Å²) in [5, 5.41) is 3.09. The number of nitrogens with one attached hydrogen (secondary N) is 2. The molecule has 1 aromatic heterocycles. The molecule has 0 aliphatic heterocycles. The van der Waals surface area contributed by atoms with Crippen LogP contribution in [0.4, 0.5) is 20.2 Å². The summed E-state index contributed by atoms with van der Waals surface area (Å²) in [5.74, 6) is -2.67. The third kappa shape index (κ3) is 2.43. The first kappa shape index (κ1) is 13.1. The monoisotopic (exact) mass is 287 g/mol. The van der Waals surface area contributed by atoms with Crippen LogP contribution >= 0.6 is 0 Å². The van der Waals surface area contributed by atoms with Crippen LogP contribution in [0.1, 0.15) is 10.5 Å². The second-order valence-electron chi connectivity index (χ2n) is 4.59. The molecule has 0 saturated heterocycles. The Morgan fingerprint density at radius 2 is 1.95 bits per heavy atom. The first-order chi connectivity index (χ1) is 10.0. The second-order valence-corrected chi connectivity index (χ2v) is 4.59. The van der Waals surface area contributed by atoms with Crippen LogP contribution in [0.2, 0.25) is 0 Å². The fraction of sp³-hybridized carbons (Fsp3) is 0. The van der Waals surface area contributed by atoms with Gasteiger partial charge < -0.3 is 16.0 Å². The molecule has 0 radical (unpaired) electrons. The molecule has 0 atom stereocenters. The molecule has 0 bridgehead atoms. The van der Waals surface area contributed by atoms with Gasteiger partial charge in [-0.2, -0.15) is 0 Å². The van der Waals surface area contributed by atoms with Gasteiger partial charge in [-0.15, -0.1) is 0 Å². The Morgan fingerprint density at radius 1 is 1.14 bits per heavy atom. The van der Waals surface area contributed by atoms with Crippen LogP contribution < -0.4 is 11.1 Å². The predicted molar refractivity (Wildman–Crippen MR) is 77.0 cm³/mol. The molecule has 4 N–H and O–H groups in total. The van der Waals surface area contributed by atoms with Crippen molar-refractivity contribution in [3.8, 4) is 0 Å². The molecule has 0 aliphatic rings. The molecule has 21 heavy (non-hydrogen) atoms. The number of hydrogen-bond acceptors (Lipinski definition) is 2. The highest BCUT2D eigenvalue weighted by Gasteiger charge is 2.14. The Balaban J connectivity index is 1.91. The maximum absolute atomic E-state index is 13.5. The molecule has 0 spiro atoms. The highest BCUT2D eigenvalue weighted by atomic mass is 19.2. The van der Waals surface area contributed by atoms with Crippen LogP contribution in [-0.4, -0.2) is 10.9 Å². The smallest absolute Gasteiger partial charge is 0.272 e. The summed E-state index contributed by atoms with van der Waals surface area (Å²) >= 11 is 0. The Morgan fingerprint density at radius 3 is 2.76 bits per heavy atom. The zero-order valence-electron chi connectivity index (χ0n) is 10.8. The molecular weight excluding hydrogens is 276 g/mol. The largest absolute Gasteiger partial charge is 0.399 e. The van der Waals surface area contributed by atoms with E-state index in [-0.39, 0.29) is 11.4 Å². The van der Waals surface area contributed by atoms with E-state index in [9.17, 15) is 13.6 Å². The molecule has 3 rings (SSSR count). The van der Waals surface area contributed by atoms with E-state index in [1.54, 1.807) is 24.3 Å². The first-order valence-electron chi connectivity index (χ1n) is 6.18. The topological polar surface area (TPSA) is 70.9 Å². The van der Waals surface area contributed by atoms with E-state index in [1.807, 2.05) is 0 Å². The highest BCUT2D eigenvalue weighted by molar-refractivity contribution is 6.06. The third-order valence-corrected chi connectivity index (χ3v) is 3.09. The minimum atomic E-state index is -1.09. The number of nitrogen functional groups attached to an aromatic ring is 1. The zero-order valence-corrected chi connectivity index (χ0v) is 10.8. The summed E-state index contributed by atoms with van der Waals surface area (Å²) in [6.45, 7) is 0. The van der Waals surface area contributed by atoms with Gasteiger partial charge in [0.1, 0.15) is 5.69 Å². The molecule has 1 heterocycles. The van der Waals surface area contributed by atoms with Crippen molar-refractivity contribution in [3.05, 3.63) is 59.8 Å². The number of amides is 1. The lowest BCUT2D eigenvalue weighted by Crippen LogP contribution is -2.13. The summed E-state index contributed by atoms with van der Waals surface area (Å²) in [6.07, 6.45) is 0. The fourth-order valence-electron chi connectivity index (χ4n) is 2.06. The van der Waals surface area contributed by atoms with E-state index in [2.05, 4.69) is 10.3 Å². The van der Waals surface area contributed by atoms with Crippen LogP contribution in [0.5, 0.6) is 0 Å². The number of rotatable bonds is 2.